The van der Waals surface area contributed by atoms with Gasteiger partial charge in [-0.3, -0.25) is 19.5 Å². The van der Waals surface area contributed by atoms with E-state index in [1.165, 1.54) is 12.0 Å². The van der Waals surface area contributed by atoms with Crippen LogP contribution in [0.15, 0.2) is 30.5 Å². The predicted molar refractivity (Wildman–Crippen MR) is 124 cm³/mol. The number of carbonyl (C=O) groups is 3. The largest absolute Gasteiger partial charge is 0.465 e. The van der Waals surface area contributed by atoms with Crippen LogP contribution >= 0.6 is 11.6 Å². The second-order valence-electron chi connectivity index (χ2n) is 9.09. The third kappa shape index (κ3) is 5.72. The van der Waals surface area contributed by atoms with Crippen molar-refractivity contribution in [3.05, 3.63) is 41.2 Å². The Morgan fingerprint density at radius 1 is 1.27 bits per heavy atom. The zero-order valence-electron chi connectivity index (χ0n) is 19.2. The van der Waals surface area contributed by atoms with Crippen LogP contribution in [0.2, 0.25) is 5.02 Å². The fraction of sp³-hybridized carbons (Fsp3) is 0.478. The number of ether oxygens (including phenoxy) is 1. The molecule has 1 aromatic heterocycles. The van der Waals surface area contributed by atoms with E-state index in [1.54, 1.807) is 50.1 Å². The van der Waals surface area contributed by atoms with Crippen molar-refractivity contribution in [2.75, 3.05) is 26.8 Å². The van der Waals surface area contributed by atoms with Crippen molar-refractivity contribution in [3.8, 4) is 0 Å². The molecule has 9 nitrogen and oxygen atoms in total. The van der Waals surface area contributed by atoms with Gasteiger partial charge in [-0.15, -0.1) is 0 Å². The molecular formula is C23H29ClN4O5. The third-order valence-corrected chi connectivity index (χ3v) is 5.93. The lowest BCUT2D eigenvalue weighted by molar-refractivity contribution is -0.138. The van der Waals surface area contributed by atoms with Crippen molar-refractivity contribution in [1.29, 1.82) is 0 Å². The van der Waals surface area contributed by atoms with Crippen molar-refractivity contribution < 1.29 is 24.2 Å². The van der Waals surface area contributed by atoms with Crippen molar-refractivity contribution in [1.82, 2.24) is 20.1 Å². The first-order valence-electron chi connectivity index (χ1n) is 10.7. The van der Waals surface area contributed by atoms with Gasteiger partial charge in [-0.2, -0.15) is 0 Å². The lowest BCUT2D eigenvalue weighted by atomic mass is 9.93. The summed E-state index contributed by atoms with van der Waals surface area (Å²) in [5.41, 5.74) is -0.521. The number of nitrogens with one attached hydrogen (secondary N) is 1. The van der Waals surface area contributed by atoms with Gasteiger partial charge >= 0.3 is 6.09 Å². The number of rotatable bonds is 5. The monoisotopic (exact) mass is 476 g/mol. The van der Waals surface area contributed by atoms with Gasteiger partial charge in [0.1, 0.15) is 12.3 Å². The van der Waals surface area contributed by atoms with Gasteiger partial charge in [-0.05, 0) is 50.8 Å². The summed E-state index contributed by atoms with van der Waals surface area (Å²) in [5, 5.41) is 15.1. The van der Waals surface area contributed by atoms with E-state index in [0.717, 1.165) is 10.8 Å². The maximum atomic E-state index is 13.1. The molecule has 2 atom stereocenters. The minimum Gasteiger partial charge on any atom is -0.465 e. The molecule has 0 unspecified atom stereocenters. The SMILES string of the molecule is COCC(=O)N1CC[C@H](NC(=O)c2cc3ccc(Cl)cc3cn2)[C@H](N(C(=O)O)C(C)(C)C)C1. The second kappa shape index (κ2) is 9.93. The molecule has 10 heteroatoms. The number of fused-ring (bicyclic) bond motifs is 1. The average Bonchev–Trinajstić information content (AvgIpc) is 2.73. The van der Waals surface area contributed by atoms with Crippen LogP contribution < -0.4 is 5.32 Å². The van der Waals surface area contributed by atoms with E-state index in [1.807, 2.05) is 6.07 Å². The fourth-order valence-corrected chi connectivity index (χ4v) is 4.39. The van der Waals surface area contributed by atoms with E-state index < -0.39 is 29.6 Å². The Labute approximate surface area is 197 Å². The number of methoxy groups -OCH3 is 1. The van der Waals surface area contributed by atoms with Gasteiger partial charge in [-0.25, -0.2) is 4.79 Å². The fourth-order valence-electron chi connectivity index (χ4n) is 4.21. The molecule has 0 aliphatic carbocycles. The molecule has 3 amide bonds. The molecule has 178 valence electrons. The molecule has 2 heterocycles. The number of pyridine rings is 1. The minimum atomic E-state index is -1.12. The standard InChI is InChI=1S/C23H29ClN4O5/c1-23(2,3)28(22(31)32)19-12-27(20(29)13-33-4)8-7-17(19)26-21(30)18-10-14-5-6-16(24)9-15(14)11-25-18/h5-6,9-11,17,19H,7-8,12-13H2,1-4H3,(H,26,30)(H,31,32)/t17-,19+/m0/s1. The number of amides is 3. The highest BCUT2D eigenvalue weighted by Crippen LogP contribution is 2.25. The van der Waals surface area contributed by atoms with Crippen molar-refractivity contribution in [2.24, 2.45) is 0 Å². The first kappa shape index (κ1) is 24.7. The number of carboxylic acid groups (broad SMARTS) is 1. The summed E-state index contributed by atoms with van der Waals surface area (Å²) in [7, 11) is 1.44. The van der Waals surface area contributed by atoms with Gasteiger partial charge in [0.05, 0.1) is 12.1 Å². The molecule has 1 aromatic carbocycles. The topological polar surface area (TPSA) is 112 Å². The summed E-state index contributed by atoms with van der Waals surface area (Å²) in [5.74, 6) is -0.626. The summed E-state index contributed by atoms with van der Waals surface area (Å²) in [6.07, 6.45) is 0.862. The van der Waals surface area contributed by atoms with Crippen LogP contribution in [0.5, 0.6) is 0 Å². The summed E-state index contributed by atoms with van der Waals surface area (Å²) in [6.45, 7) is 5.80. The van der Waals surface area contributed by atoms with Crippen LogP contribution in [0, 0.1) is 0 Å². The zero-order valence-corrected chi connectivity index (χ0v) is 19.9. The maximum absolute atomic E-state index is 13.1. The molecule has 0 spiro atoms. The molecule has 33 heavy (non-hydrogen) atoms. The van der Waals surface area contributed by atoms with Crippen LogP contribution in [0.25, 0.3) is 10.8 Å². The molecule has 2 aromatic rings. The van der Waals surface area contributed by atoms with E-state index in [2.05, 4.69) is 10.3 Å². The Kier molecular flexibility index (Phi) is 7.44. The van der Waals surface area contributed by atoms with Crippen LogP contribution in [-0.2, 0) is 9.53 Å². The van der Waals surface area contributed by atoms with Crippen molar-refractivity contribution in [3.63, 3.8) is 0 Å². The number of hydrogen-bond donors (Lipinski definition) is 2. The van der Waals surface area contributed by atoms with Gasteiger partial charge in [0.2, 0.25) is 5.91 Å². The highest BCUT2D eigenvalue weighted by atomic mass is 35.5. The van der Waals surface area contributed by atoms with Gasteiger partial charge in [0.25, 0.3) is 5.91 Å². The Morgan fingerprint density at radius 2 is 2.00 bits per heavy atom. The highest BCUT2D eigenvalue weighted by molar-refractivity contribution is 6.31. The highest BCUT2D eigenvalue weighted by Gasteiger charge is 2.42. The number of aromatic nitrogens is 1. The molecule has 0 radical (unpaired) electrons. The molecule has 3 rings (SSSR count). The van der Waals surface area contributed by atoms with E-state index in [0.29, 0.717) is 18.0 Å². The van der Waals surface area contributed by atoms with E-state index in [-0.39, 0.29) is 24.8 Å². The van der Waals surface area contributed by atoms with E-state index in [4.69, 9.17) is 16.3 Å². The predicted octanol–water partition coefficient (Wildman–Crippen LogP) is 3.01. The normalized spacial score (nSPS) is 18.8. The first-order valence-corrected chi connectivity index (χ1v) is 11.0. The number of benzene rings is 1. The number of piperidine rings is 1. The molecule has 1 aliphatic heterocycles. The molecule has 2 N–H and O–H groups in total. The second-order valence-corrected chi connectivity index (χ2v) is 9.53. The summed E-state index contributed by atoms with van der Waals surface area (Å²) < 4.78 is 4.95. The summed E-state index contributed by atoms with van der Waals surface area (Å²) >= 11 is 6.02. The lowest BCUT2D eigenvalue weighted by Gasteiger charge is -2.47. The number of carbonyl (C=O) groups excluding carboxylic acids is 2. The zero-order chi connectivity index (χ0) is 24.3. The Morgan fingerprint density at radius 3 is 2.64 bits per heavy atom. The molecule has 1 aliphatic rings. The van der Waals surface area contributed by atoms with Crippen LogP contribution in [0.3, 0.4) is 0 Å². The first-order chi connectivity index (χ1) is 15.5. The van der Waals surface area contributed by atoms with Gasteiger partial charge in [-0.1, -0.05) is 17.7 Å². The lowest BCUT2D eigenvalue weighted by Crippen LogP contribution is -2.66. The van der Waals surface area contributed by atoms with Crippen LogP contribution in [0.1, 0.15) is 37.7 Å². The van der Waals surface area contributed by atoms with Crippen LogP contribution in [0.4, 0.5) is 4.79 Å². The minimum absolute atomic E-state index is 0.0860. The third-order valence-electron chi connectivity index (χ3n) is 5.70. The van der Waals surface area contributed by atoms with E-state index in [9.17, 15) is 19.5 Å². The van der Waals surface area contributed by atoms with Gasteiger partial charge in [0.15, 0.2) is 0 Å². The average molecular weight is 477 g/mol. The van der Waals surface area contributed by atoms with Gasteiger partial charge in [0, 0.05) is 42.3 Å². The number of likely N-dealkylation sites (tertiary alicyclic amines) is 1. The number of halogens is 1. The quantitative estimate of drug-likeness (QED) is 0.686. The Hall–Kier alpha value is -2.91. The molecule has 0 bridgehead atoms. The number of nitrogens with zero attached hydrogens (tertiary/aromatic N) is 3. The van der Waals surface area contributed by atoms with Crippen LogP contribution in [-0.4, -0.2) is 82.2 Å². The summed E-state index contributed by atoms with van der Waals surface area (Å²) in [6, 6.07) is 5.85. The van der Waals surface area contributed by atoms with Crippen molar-refractivity contribution in [2.45, 2.75) is 44.8 Å². The molecule has 1 fully saturated rings. The number of hydrogen-bond acceptors (Lipinski definition) is 5. The molecule has 0 saturated carbocycles. The summed E-state index contributed by atoms with van der Waals surface area (Å²) in [4.78, 5) is 44.8. The van der Waals surface area contributed by atoms with E-state index >= 15 is 0 Å². The van der Waals surface area contributed by atoms with Gasteiger partial charge < -0.3 is 20.1 Å². The molecular weight excluding hydrogens is 448 g/mol. The maximum Gasteiger partial charge on any atom is 0.408 e. The Balaban J connectivity index is 1.87. The van der Waals surface area contributed by atoms with Crippen molar-refractivity contribution >= 4 is 40.3 Å². The molecule has 1 saturated heterocycles. The Bertz CT molecular complexity index is 1050. The smallest absolute Gasteiger partial charge is 0.408 e.